The van der Waals surface area contributed by atoms with Gasteiger partial charge in [0.05, 0.1) is 19.1 Å². The van der Waals surface area contributed by atoms with E-state index < -0.39 is 0 Å². The molecule has 0 aliphatic carbocycles. The number of benzene rings is 2. The van der Waals surface area contributed by atoms with Crippen molar-refractivity contribution in [2.24, 2.45) is 0 Å². The van der Waals surface area contributed by atoms with Crippen molar-refractivity contribution in [1.82, 2.24) is 4.90 Å². The van der Waals surface area contributed by atoms with E-state index in [0.717, 1.165) is 23.2 Å². The third-order valence-electron chi connectivity index (χ3n) is 4.78. The Bertz CT molecular complexity index is 804. The van der Waals surface area contributed by atoms with Crippen LogP contribution in [0.25, 0.3) is 0 Å². The van der Waals surface area contributed by atoms with Crippen LogP contribution in [0.15, 0.2) is 48.5 Å². The van der Waals surface area contributed by atoms with Gasteiger partial charge in [-0.05, 0) is 29.7 Å². The van der Waals surface area contributed by atoms with Crippen LogP contribution in [0.1, 0.15) is 27.9 Å². The number of hydrogen-bond donors (Lipinski definition) is 1. The fourth-order valence-corrected chi connectivity index (χ4v) is 3.46. The average molecular weight is 336 g/mol. The molecule has 0 saturated carbocycles. The zero-order chi connectivity index (χ0) is 17.2. The molecule has 2 aromatic rings. The van der Waals surface area contributed by atoms with Crippen LogP contribution in [-0.4, -0.2) is 35.9 Å². The Morgan fingerprint density at radius 3 is 2.84 bits per heavy atom. The van der Waals surface area contributed by atoms with Gasteiger partial charge in [-0.1, -0.05) is 36.4 Å². The highest BCUT2D eigenvalue weighted by molar-refractivity contribution is 6.05. The number of likely N-dealkylation sites (tertiary alicyclic amines) is 1. The number of anilines is 1. The van der Waals surface area contributed by atoms with Crippen molar-refractivity contribution in [3.8, 4) is 0 Å². The van der Waals surface area contributed by atoms with Gasteiger partial charge < -0.3 is 15.0 Å². The minimum atomic E-state index is -0.0549. The van der Waals surface area contributed by atoms with Crippen molar-refractivity contribution in [3.05, 3.63) is 65.2 Å². The summed E-state index contributed by atoms with van der Waals surface area (Å²) in [7, 11) is 0. The minimum Gasteiger partial charge on any atom is -0.372 e. The van der Waals surface area contributed by atoms with E-state index in [-0.39, 0.29) is 24.3 Å². The van der Waals surface area contributed by atoms with Crippen LogP contribution in [0, 0.1) is 0 Å². The van der Waals surface area contributed by atoms with Crippen molar-refractivity contribution in [2.75, 3.05) is 18.4 Å². The number of nitrogens with zero attached hydrogens (tertiary/aromatic N) is 1. The molecule has 128 valence electrons. The Morgan fingerprint density at radius 1 is 1.16 bits per heavy atom. The van der Waals surface area contributed by atoms with Gasteiger partial charge in [0, 0.05) is 24.3 Å². The van der Waals surface area contributed by atoms with Crippen molar-refractivity contribution in [2.45, 2.75) is 25.6 Å². The van der Waals surface area contributed by atoms with Crippen LogP contribution in [0.3, 0.4) is 0 Å². The van der Waals surface area contributed by atoms with E-state index in [4.69, 9.17) is 4.74 Å². The number of hydrogen-bond acceptors (Lipinski definition) is 3. The van der Waals surface area contributed by atoms with Crippen molar-refractivity contribution >= 4 is 17.5 Å². The SMILES string of the molecule is O=C1Cc2c(cccc2C(=O)N2CCC(OCc3ccccc3)C2)N1. The van der Waals surface area contributed by atoms with Gasteiger partial charge in [0.2, 0.25) is 5.91 Å². The highest BCUT2D eigenvalue weighted by atomic mass is 16.5. The molecule has 1 saturated heterocycles. The molecule has 1 N–H and O–H groups in total. The molecule has 1 atom stereocenters. The van der Waals surface area contributed by atoms with Crippen LogP contribution in [-0.2, 0) is 22.6 Å². The number of amides is 2. The summed E-state index contributed by atoms with van der Waals surface area (Å²) in [6.07, 6.45) is 1.17. The zero-order valence-electron chi connectivity index (χ0n) is 13.9. The van der Waals surface area contributed by atoms with Gasteiger partial charge in [0.1, 0.15) is 0 Å². The van der Waals surface area contributed by atoms with Gasteiger partial charge in [0.15, 0.2) is 0 Å². The molecular formula is C20H20N2O3. The molecule has 25 heavy (non-hydrogen) atoms. The monoisotopic (exact) mass is 336 g/mol. The molecular weight excluding hydrogens is 316 g/mol. The molecule has 2 aliphatic rings. The molecule has 2 aromatic carbocycles. The molecule has 5 heteroatoms. The van der Waals surface area contributed by atoms with Gasteiger partial charge in [-0.2, -0.15) is 0 Å². The highest BCUT2D eigenvalue weighted by Crippen LogP contribution is 2.28. The van der Waals surface area contributed by atoms with Crippen LogP contribution < -0.4 is 5.32 Å². The summed E-state index contributed by atoms with van der Waals surface area (Å²) < 4.78 is 5.95. The molecule has 4 rings (SSSR count). The minimum absolute atomic E-state index is 0.0147. The Morgan fingerprint density at radius 2 is 2.00 bits per heavy atom. The topological polar surface area (TPSA) is 58.6 Å². The van der Waals surface area contributed by atoms with Gasteiger partial charge in [-0.3, -0.25) is 9.59 Å². The summed E-state index contributed by atoms with van der Waals surface area (Å²) >= 11 is 0. The van der Waals surface area contributed by atoms with Crippen LogP contribution >= 0.6 is 0 Å². The molecule has 2 amide bonds. The van der Waals surface area contributed by atoms with Gasteiger partial charge in [0.25, 0.3) is 5.91 Å². The normalized spacial score (nSPS) is 19.0. The maximum absolute atomic E-state index is 12.9. The molecule has 0 bridgehead atoms. The molecule has 1 unspecified atom stereocenters. The predicted octanol–water partition coefficient (Wildman–Crippen LogP) is 2.61. The van der Waals surface area contributed by atoms with Crippen molar-refractivity contribution in [1.29, 1.82) is 0 Å². The lowest BCUT2D eigenvalue weighted by Crippen LogP contribution is -2.30. The highest BCUT2D eigenvalue weighted by Gasteiger charge is 2.31. The second-order valence-corrected chi connectivity index (χ2v) is 6.52. The smallest absolute Gasteiger partial charge is 0.254 e. The van der Waals surface area contributed by atoms with Gasteiger partial charge in [-0.15, -0.1) is 0 Å². The maximum atomic E-state index is 12.9. The van der Waals surface area contributed by atoms with Crippen molar-refractivity contribution < 1.29 is 14.3 Å². The molecule has 0 radical (unpaired) electrons. The number of carbonyl (C=O) groups excluding carboxylic acids is 2. The van der Waals surface area contributed by atoms with Gasteiger partial charge >= 0.3 is 0 Å². The Hall–Kier alpha value is -2.66. The molecule has 2 aliphatic heterocycles. The number of rotatable bonds is 4. The first-order chi connectivity index (χ1) is 12.2. The third kappa shape index (κ3) is 3.28. The third-order valence-corrected chi connectivity index (χ3v) is 4.78. The van der Waals surface area contributed by atoms with Crippen LogP contribution in [0.2, 0.25) is 0 Å². The van der Waals surface area contributed by atoms with Crippen LogP contribution in [0.5, 0.6) is 0 Å². The number of nitrogens with one attached hydrogen (secondary N) is 1. The van der Waals surface area contributed by atoms with E-state index in [1.54, 1.807) is 6.07 Å². The fraction of sp³-hybridized carbons (Fsp3) is 0.300. The summed E-state index contributed by atoms with van der Waals surface area (Å²) in [5, 5.41) is 2.80. The second-order valence-electron chi connectivity index (χ2n) is 6.52. The molecule has 2 heterocycles. The molecule has 0 aromatic heterocycles. The number of fused-ring (bicyclic) bond motifs is 1. The first kappa shape index (κ1) is 15.8. The maximum Gasteiger partial charge on any atom is 0.254 e. The summed E-state index contributed by atoms with van der Waals surface area (Å²) in [6.45, 7) is 1.84. The Balaban J connectivity index is 1.40. The lowest BCUT2D eigenvalue weighted by atomic mass is 10.0. The van der Waals surface area contributed by atoms with E-state index in [1.807, 2.05) is 47.4 Å². The lowest BCUT2D eigenvalue weighted by molar-refractivity contribution is -0.115. The number of ether oxygens (including phenoxy) is 1. The van der Waals surface area contributed by atoms with E-state index >= 15 is 0 Å². The quantitative estimate of drug-likeness (QED) is 0.934. The second kappa shape index (κ2) is 6.69. The lowest BCUT2D eigenvalue weighted by Gasteiger charge is -2.18. The van der Waals surface area contributed by atoms with Crippen LogP contribution in [0.4, 0.5) is 5.69 Å². The van der Waals surface area contributed by atoms with E-state index in [1.165, 1.54) is 0 Å². The average Bonchev–Trinajstić information content (AvgIpc) is 3.25. The Labute approximate surface area is 146 Å². The summed E-state index contributed by atoms with van der Waals surface area (Å²) in [5.74, 6) is -0.0695. The standard InChI is InChI=1S/C20H20N2O3/c23-19-11-17-16(7-4-8-18(17)21-19)20(24)22-10-9-15(12-22)25-13-14-5-2-1-3-6-14/h1-8,15H,9-13H2,(H,21,23). The van der Waals surface area contributed by atoms with Gasteiger partial charge in [-0.25, -0.2) is 0 Å². The summed E-state index contributed by atoms with van der Waals surface area (Å²) in [5.41, 5.74) is 3.33. The fourth-order valence-electron chi connectivity index (χ4n) is 3.46. The van der Waals surface area contributed by atoms with E-state index in [0.29, 0.717) is 25.3 Å². The number of carbonyl (C=O) groups is 2. The summed E-state index contributed by atoms with van der Waals surface area (Å²) in [4.78, 5) is 26.3. The zero-order valence-corrected chi connectivity index (χ0v) is 13.9. The summed E-state index contributed by atoms with van der Waals surface area (Å²) in [6, 6.07) is 15.5. The Kier molecular flexibility index (Phi) is 4.24. The van der Waals surface area contributed by atoms with E-state index in [2.05, 4.69) is 5.32 Å². The van der Waals surface area contributed by atoms with E-state index in [9.17, 15) is 9.59 Å². The molecule has 1 fully saturated rings. The molecule has 5 nitrogen and oxygen atoms in total. The first-order valence-corrected chi connectivity index (χ1v) is 8.57. The largest absolute Gasteiger partial charge is 0.372 e. The predicted molar refractivity (Wildman–Crippen MR) is 94.3 cm³/mol. The molecule has 0 spiro atoms. The first-order valence-electron chi connectivity index (χ1n) is 8.57. The van der Waals surface area contributed by atoms with Crippen molar-refractivity contribution in [3.63, 3.8) is 0 Å².